The third-order valence-corrected chi connectivity index (χ3v) is 3.27. The van der Waals surface area contributed by atoms with Crippen molar-refractivity contribution >= 4 is 16.9 Å². The number of aliphatic hydroxyl groups is 1. The summed E-state index contributed by atoms with van der Waals surface area (Å²) in [6.07, 6.45) is 0. The van der Waals surface area contributed by atoms with Crippen LogP contribution in [0, 0.1) is 6.92 Å². The Morgan fingerprint density at radius 2 is 2.10 bits per heavy atom. The van der Waals surface area contributed by atoms with Gasteiger partial charge in [0, 0.05) is 12.2 Å². The lowest BCUT2D eigenvalue weighted by molar-refractivity contribution is 0.0693. The maximum atomic E-state index is 12.3. The molecule has 2 aromatic rings. The van der Waals surface area contributed by atoms with Gasteiger partial charge >= 0.3 is 5.97 Å². The first kappa shape index (κ1) is 14.1. The number of hydrogen-bond donors (Lipinski definition) is 2. The third kappa shape index (κ3) is 2.14. The molecular weight excluding hydrogens is 262 g/mol. The van der Waals surface area contributed by atoms with E-state index in [0.717, 1.165) is 0 Å². The summed E-state index contributed by atoms with van der Waals surface area (Å²) < 4.78 is 6.69. The average molecular weight is 277 g/mol. The molecule has 1 heterocycles. The van der Waals surface area contributed by atoms with Crippen molar-refractivity contribution in [1.82, 2.24) is 4.57 Å². The summed E-state index contributed by atoms with van der Waals surface area (Å²) in [6, 6.07) is 4.89. The molecule has 0 spiro atoms. The van der Waals surface area contributed by atoms with Crippen molar-refractivity contribution in [2.45, 2.75) is 13.5 Å². The maximum Gasteiger partial charge on any atom is 0.341 e. The van der Waals surface area contributed by atoms with E-state index in [1.165, 1.54) is 13.2 Å². The highest BCUT2D eigenvalue weighted by molar-refractivity contribution is 5.94. The lowest BCUT2D eigenvalue weighted by atomic mass is 10.1. The number of hydrogen-bond acceptors (Lipinski definition) is 4. The number of nitrogens with zero attached hydrogens (tertiary/aromatic N) is 1. The number of benzene rings is 1. The van der Waals surface area contributed by atoms with E-state index in [0.29, 0.717) is 17.0 Å². The number of carboxylic acid groups (broad SMARTS) is 1. The van der Waals surface area contributed by atoms with E-state index < -0.39 is 11.4 Å². The molecule has 0 atom stereocenters. The highest BCUT2D eigenvalue weighted by Crippen LogP contribution is 2.21. The predicted molar refractivity (Wildman–Crippen MR) is 73.5 cm³/mol. The molecule has 20 heavy (non-hydrogen) atoms. The Kier molecular flexibility index (Phi) is 3.76. The minimum absolute atomic E-state index is 0.149. The highest BCUT2D eigenvalue weighted by Gasteiger charge is 2.19. The van der Waals surface area contributed by atoms with Gasteiger partial charge in [-0.05, 0) is 25.1 Å². The molecule has 2 N–H and O–H groups in total. The Bertz CT molecular complexity index is 732. The number of aromatic carboxylic acids is 1. The molecule has 0 saturated carbocycles. The van der Waals surface area contributed by atoms with E-state index in [1.807, 2.05) is 0 Å². The molecule has 0 amide bonds. The quantitative estimate of drug-likeness (QED) is 0.870. The summed E-state index contributed by atoms with van der Waals surface area (Å²) in [5.74, 6) is -0.797. The van der Waals surface area contributed by atoms with Crippen LogP contribution in [0.5, 0.6) is 5.75 Å². The molecule has 106 valence electrons. The van der Waals surface area contributed by atoms with Crippen LogP contribution in [0.2, 0.25) is 0 Å². The Morgan fingerprint density at radius 3 is 2.65 bits per heavy atom. The van der Waals surface area contributed by atoms with E-state index in [1.54, 1.807) is 23.6 Å². The molecule has 1 aromatic heterocycles. The summed E-state index contributed by atoms with van der Waals surface area (Å²) >= 11 is 0. The summed E-state index contributed by atoms with van der Waals surface area (Å²) in [6.45, 7) is 1.63. The number of rotatable bonds is 4. The van der Waals surface area contributed by atoms with Gasteiger partial charge in [-0.2, -0.15) is 0 Å². The number of aliphatic hydroxyl groups excluding tert-OH is 1. The van der Waals surface area contributed by atoms with Crippen LogP contribution in [-0.4, -0.2) is 34.5 Å². The minimum atomic E-state index is -1.27. The highest BCUT2D eigenvalue weighted by atomic mass is 16.5. The van der Waals surface area contributed by atoms with Crippen molar-refractivity contribution in [3.8, 4) is 5.75 Å². The first-order chi connectivity index (χ1) is 9.51. The smallest absolute Gasteiger partial charge is 0.341 e. The second-order valence-electron chi connectivity index (χ2n) is 4.35. The van der Waals surface area contributed by atoms with Gasteiger partial charge in [-0.25, -0.2) is 4.79 Å². The summed E-state index contributed by atoms with van der Waals surface area (Å²) in [5.41, 5.74) is 0.0823. The standard InChI is InChI=1S/C14H15NO5/c1-8-12(14(18)19)13(17)10-7-9(20-2)3-4-11(10)15(8)5-6-16/h3-4,7,16H,5-6H2,1-2H3,(H,18,19). The maximum absolute atomic E-state index is 12.3. The largest absolute Gasteiger partial charge is 0.497 e. The molecule has 0 radical (unpaired) electrons. The first-order valence-corrected chi connectivity index (χ1v) is 6.06. The fourth-order valence-electron chi connectivity index (χ4n) is 2.31. The van der Waals surface area contributed by atoms with Crippen LogP contribution in [-0.2, 0) is 6.54 Å². The molecule has 6 heteroatoms. The monoisotopic (exact) mass is 277 g/mol. The fraction of sp³-hybridized carbons (Fsp3) is 0.286. The van der Waals surface area contributed by atoms with Gasteiger partial charge in [0.15, 0.2) is 0 Å². The number of fused-ring (bicyclic) bond motifs is 1. The average Bonchev–Trinajstić information content (AvgIpc) is 2.42. The van der Waals surface area contributed by atoms with E-state index in [2.05, 4.69) is 0 Å². The Balaban J connectivity index is 2.95. The van der Waals surface area contributed by atoms with Gasteiger partial charge in [0.2, 0.25) is 5.43 Å². The van der Waals surface area contributed by atoms with Crippen LogP contribution in [0.25, 0.3) is 10.9 Å². The van der Waals surface area contributed by atoms with Crippen LogP contribution < -0.4 is 10.2 Å². The zero-order valence-corrected chi connectivity index (χ0v) is 11.2. The van der Waals surface area contributed by atoms with Crippen molar-refractivity contribution in [2.75, 3.05) is 13.7 Å². The van der Waals surface area contributed by atoms with Crippen molar-refractivity contribution < 1.29 is 19.7 Å². The van der Waals surface area contributed by atoms with Gasteiger partial charge in [0.1, 0.15) is 11.3 Å². The van der Waals surface area contributed by atoms with Crippen LogP contribution in [0.15, 0.2) is 23.0 Å². The molecule has 2 rings (SSSR count). The van der Waals surface area contributed by atoms with Crippen molar-refractivity contribution in [3.05, 3.63) is 39.7 Å². The third-order valence-electron chi connectivity index (χ3n) is 3.27. The van der Waals surface area contributed by atoms with Gasteiger partial charge in [0.25, 0.3) is 0 Å². The molecule has 0 aliphatic carbocycles. The first-order valence-electron chi connectivity index (χ1n) is 6.06. The van der Waals surface area contributed by atoms with Crippen LogP contribution in [0.3, 0.4) is 0 Å². The zero-order valence-electron chi connectivity index (χ0n) is 11.2. The molecule has 0 unspecified atom stereocenters. The van der Waals surface area contributed by atoms with Gasteiger partial charge in [-0.3, -0.25) is 4.79 Å². The van der Waals surface area contributed by atoms with Gasteiger partial charge in [-0.1, -0.05) is 0 Å². The fourth-order valence-corrected chi connectivity index (χ4v) is 2.31. The van der Waals surface area contributed by atoms with Gasteiger partial charge < -0.3 is 19.5 Å². The Labute approximate surface area is 114 Å². The number of carboxylic acids is 1. The van der Waals surface area contributed by atoms with E-state index >= 15 is 0 Å². The molecule has 0 saturated heterocycles. The number of aromatic nitrogens is 1. The number of carbonyl (C=O) groups is 1. The molecule has 0 fully saturated rings. The zero-order chi connectivity index (χ0) is 14.9. The molecule has 0 aliphatic heterocycles. The SMILES string of the molecule is COc1ccc2c(c1)c(=O)c(C(=O)O)c(C)n2CCO. The summed E-state index contributed by atoms with van der Waals surface area (Å²) in [4.78, 5) is 23.6. The molecule has 0 bridgehead atoms. The minimum Gasteiger partial charge on any atom is -0.497 e. The number of pyridine rings is 1. The van der Waals surface area contributed by atoms with Crippen LogP contribution in [0.1, 0.15) is 16.1 Å². The van der Waals surface area contributed by atoms with Crippen LogP contribution >= 0.6 is 0 Å². The molecule has 0 aliphatic rings. The molecular formula is C14H15NO5. The van der Waals surface area contributed by atoms with Crippen molar-refractivity contribution in [3.63, 3.8) is 0 Å². The predicted octanol–water partition coefficient (Wildman–Crippen LogP) is 1.01. The summed E-state index contributed by atoms with van der Waals surface area (Å²) in [7, 11) is 1.47. The topological polar surface area (TPSA) is 88.8 Å². The second-order valence-corrected chi connectivity index (χ2v) is 4.35. The van der Waals surface area contributed by atoms with Crippen molar-refractivity contribution in [1.29, 1.82) is 0 Å². The van der Waals surface area contributed by atoms with E-state index in [4.69, 9.17) is 9.84 Å². The normalized spacial score (nSPS) is 10.8. The molecule has 1 aromatic carbocycles. The lowest BCUT2D eigenvalue weighted by Gasteiger charge is -2.16. The summed E-state index contributed by atoms with van der Waals surface area (Å²) in [5, 5.41) is 18.6. The Hall–Kier alpha value is -2.34. The lowest BCUT2D eigenvalue weighted by Crippen LogP contribution is -2.23. The van der Waals surface area contributed by atoms with E-state index in [9.17, 15) is 14.7 Å². The number of methoxy groups -OCH3 is 1. The number of ether oxygens (including phenoxy) is 1. The van der Waals surface area contributed by atoms with Crippen molar-refractivity contribution in [2.24, 2.45) is 0 Å². The molecule has 6 nitrogen and oxygen atoms in total. The van der Waals surface area contributed by atoms with Gasteiger partial charge in [0.05, 0.1) is 24.6 Å². The second kappa shape index (κ2) is 5.34. The van der Waals surface area contributed by atoms with Crippen LogP contribution in [0.4, 0.5) is 0 Å². The Morgan fingerprint density at radius 1 is 1.40 bits per heavy atom. The van der Waals surface area contributed by atoms with E-state index in [-0.39, 0.29) is 24.1 Å². The van der Waals surface area contributed by atoms with Gasteiger partial charge in [-0.15, -0.1) is 0 Å².